The maximum absolute atomic E-state index is 15.7. The Bertz CT molecular complexity index is 694. The molecule has 0 aromatic carbocycles. The first kappa shape index (κ1) is 39.0. The Balaban J connectivity index is 10.5. The number of hydrogen-bond acceptors (Lipinski definition) is 0. The molecule has 0 aliphatic carbocycles. The molecule has 0 nitrogen and oxygen atoms in total. The number of hydrogen-bond donors (Lipinski definition) is 0. The Hall–Kier alpha value is -1.96. The summed E-state index contributed by atoms with van der Waals surface area (Å²) in [4.78, 5) is 0. The average Bonchev–Trinajstić information content (AvgIpc) is 2.40. The van der Waals surface area contributed by atoms with Gasteiger partial charge in [0.25, 0.3) is 16.2 Å². The molecule has 0 aliphatic rings. The van der Waals surface area contributed by atoms with Crippen molar-refractivity contribution in [3.8, 4) is 0 Å². The smallest absolute Gasteiger partial charge is 0.239 e. The molecular weight excluding hydrogens is 688 g/mol. The molecule has 0 radical (unpaired) electrons. The first-order valence-electron chi connectivity index (χ1n) is 8.29. The van der Waals surface area contributed by atoms with Crippen molar-refractivity contribution < 1.29 is 123 Å². The highest BCUT2D eigenvalue weighted by Gasteiger charge is 3.14. The van der Waals surface area contributed by atoms with E-state index in [0.29, 0.717) is 0 Å². The van der Waals surface area contributed by atoms with Crippen molar-refractivity contribution >= 4 is 0 Å². The van der Waals surface area contributed by atoms with Crippen LogP contribution >= 0.6 is 0 Å². The second kappa shape index (κ2) is 9.03. The molecule has 41 heavy (non-hydrogen) atoms. The molecule has 0 aromatic rings. The molecule has 0 N–H and O–H groups in total. The molecule has 0 atom stereocenters. The van der Waals surface area contributed by atoms with Crippen LogP contribution in [0.3, 0.4) is 0 Å². The van der Waals surface area contributed by atoms with Crippen LogP contribution in [0.5, 0.6) is 0 Å². The number of halogens is 28. The maximum atomic E-state index is 15.7. The van der Waals surface area contributed by atoms with Crippen molar-refractivity contribution in [2.75, 3.05) is 0 Å². The van der Waals surface area contributed by atoms with E-state index in [4.69, 9.17) is 0 Å². The lowest BCUT2D eigenvalue weighted by atomic mass is 9.45. The van der Waals surface area contributed by atoms with E-state index >= 15 is 4.39 Å². The molecule has 0 aromatic heterocycles. The van der Waals surface area contributed by atoms with Gasteiger partial charge in [-0.2, -0.15) is 119 Å². The van der Waals surface area contributed by atoms with E-state index in [1.54, 1.807) is 0 Å². The first-order chi connectivity index (χ1) is 17.0. The molecule has 0 rings (SSSR count). The van der Waals surface area contributed by atoms with Gasteiger partial charge in [0.1, 0.15) is 0 Å². The van der Waals surface area contributed by atoms with E-state index in [-0.39, 0.29) is 0 Å². The Morgan fingerprint density at radius 2 is 0.220 bits per heavy atom. The largest absolute Gasteiger partial charge is 0.415 e. The van der Waals surface area contributed by atoms with Gasteiger partial charge in [-0.1, -0.05) is 0 Å². The summed E-state index contributed by atoms with van der Waals surface area (Å²) in [5.41, 5.74) is -45.2. The van der Waals surface area contributed by atoms with Crippen LogP contribution in [0.2, 0.25) is 0 Å². The summed E-state index contributed by atoms with van der Waals surface area (Å²) < 4.78 is 377. The summed E-state index contributed by atoms with van der Waals surface area (Å²) in [5, 5.41) is 0. The summed E-state index contributed by atoms with van der Waals surface area (Å²) in [7, 11) is 0. The van der Waals surface area contributed by atoms with Crippen molar-refractivity contribution in [3.05, 3.63) is 0 Å². The van der Waals surface area contributed by atoms with Crippen molar-refractivity contribution in [1.29, 1.82) is 0 Å². The van der Waals surface area contributed by atoms with Crippen molar-refractivity contribution in [3.63, 3.8) is 0 Å². The molecule has 0 spiro atoms. The Kier molecular flexibility index (Phi) is 8.59. The Labute approximate surface area is 202 Å². The van der Waals surface area contributed by atoms with Gasteiger partial charge in [-0.3, -0.25) is 0 Å². The van der Waals surface area contributed by atoms with Crippen LogP contribution in [-0.4, -0.2) is 61.3 Å². The van der Waals surface area contributed by atoms with Crippen LogP contribution in [0.15, 0.2) is 0 Å². The van der Waals surface area contributed by atoms with Crippen LogP contribution in [0.25, 0.3) is 0 Å². The summed E-state index contributed by atoms with van der Waals surface area (Å²) in [6.45, 7) is 0. The molecule has 0 aliphatic heterocycles. The van der Waals surface area contributed by atoms with E-state index in [1.165, 1.54) is 0 Å². The average molecular weight is 688 g/mol. The second-order valence-electron chi connectivity index (χ2n) is 7.39. The van der Waals surface area contributed by atoms with Crippen molar-refractivity contribution in [2.45, 2.75) is 61.3 Å². The van der Waals surface area contributed by atoms with Crippen LogP contribution in [-0.2, 0) is 0 Å². The minimum atomic E-state index is -11.8. The maximum Gasteiger partial charge on any atom is 0.415 e. The fraction of sp³-hybridized carbons (Fsp3) is 1.00. The fourth-order valence-corrected chi connectivity index (χ4v) is 4.05. The molecule has 0 saturated heterocycles. The van der Waals surface area contributed by atoms with Gasteiger partial charge in [-0.25, -0.2) is 4.39 Å². The normalized spacial score (nSPS) is 17.3. The van der Waals surface area contributed by atoms with E-state index in [0.717, 1.165) is 0 Å². The SMILES string of the molecule is FC(F)(F)C(C(F)(F)F)(C(F)(F)F)C(F)(C(C(F)(F)F)(C(F)(F)F)C(F)(F)F)C(C(F)(F)F)(C(F)(F)F)C(F)(F)F. The monoisotopic (exact) mass is 688 g/mol. The summed E-state index contributed by atoms with van der Waals surface area (Å²) in [5.74, 6) is 0. The van der Waals surface area contributed by atoms with Gasteiger partial charge in [0.15, 0.2) is 0 Å². The molecule has 248 valence electrons. The molecule has 0 heterocycles. The van der Waals surface area contributed by atoms with Crippen LogP contribution in [0, 0.1) is 16.2 Å². The van der Waals surface area contributed by atoms with Crippen molar-refractivity contribution in [1.82, 2.24) is 0 Å². The van der Waals surface area contributed by atoms with Gasteiger partial charge in [0.2, 0.25) is 5.67 Å². The quantitative estimate of drug-likeness (QED) is 0.259. The van der Waals surface area contributed by atoms with E-state index in [1.807, 2.05) is 0 Å². The molecule has 0 saturated carbocycles. The molecular formula is C13F28. The standard InChI is InChI=1S/C13F28/c14-4(1(5(15,16)17,6(18,19)20)7(21,22)23,2(8(24,25)26,9(27,28)29)10(30,31)32)3(11(33,34)35,12(36,37)38)13(39,40)41. The third-order valence-electron chi connectivity index (χ3n) is 5.38. The lowest BCUT2D eigenvalue weighted by Crippen LogP contribution is -2.91. The van der Waals surface area contributed by atoms with Gasteiger partial charge in [0, 0.05) is 0 Å². The molecule has 0 unspecified atom stereocenters. The topological polar surface area (TPSA) is 0 Å². The van der Waals surface area contributed by atoms with Gasteiger partial charge < -0.3 is 0 Å². The van der Waals surface area contributed by atoms with Crippen LogP contribution in [0.4, 0.5) is 123 Å². The van der Waals surface area contributed by atoms with Gasteiger partial charge in [0.05, 0.1) is 0 Å². The Morgan fingerprint density at radius 3 is 0.268 bits per heavy atom. The predicted octanol–water partition coefficient (Wildman–Crippen LogP) is 9.71. The summed E-state index contributed by atoms with van der Waals surface area (Å²) in [6, 6.07) is 0. The minimum Gasteiger partial charge on any atom is -0.239 e. The zero-order valence-electron chi connectivity index (χ0n) is 17.1. The highest BCUT2D eigenvalue weighted by molar-refractivity contribution is 5.33. The molecule has 0 fully saturated rings. The molecule has 28 heteroatoms. The predicted molar refractivity (Wildman–Crippen MR) is 65.6 cm³/mol. The first-order valence-corrected chi connectivity index (χ1v) is 8.29. The zero-order valence-corrected chi connectivity index (χ0v) is 17.1. The minimum absolute atomic E-state index is 10.1. The fourth-order valence-electron chi connectivity index (χ4n) is 4.05. The van der Waals surface area contributed by atoms with Gasteiger partial charge in [-0.15, -0.1) is 0 Å². The van der Waals surface area contributed by atoms with E-state index < -0.39 is 77.5 Å². The highest BCUT2D eigenvalue weighted by atomic mass is 19.5. The van der Waals surface area contributed by atoms with Crippen LogP contribution in [0.1, 0.15) is 0 Å². The molecule has 0 amide bonds. The van der Waals surface area contributed by atoms with E-state index in [9.17, 15) is 119 Å². The van der Waals surface area contributed by atoms with E-state index in [2.05, 4.69) is 0 Å². The number of rotatable bonds is 3. The summed E-state index contributed by atoms with van der Waals surface area (Å²) >= 11 is 0. The second-order valence-corrected chi connectivity index (χ2v) is 7.39. The van der Waals surface area contributed by atoms with Crippen molar-refractivity contribution in [2.24, 2.45) is 16.2 Å². The lowest BCUT2D eigenvalue weighted by molar-refractivity contribution is -0.586. The third kappa shape index (κ3) is 4.39. The van der Waals surface area contributed by atoms with Crippen LogP contribution < -0.4 is 0 Å². The third-order valence-corrected chi connectivity index (χ3v) is 5.38. The number of alkyl halides is 28. The Morgan fingerprint density at radius 1 is 0.146 bits per heavy atom. The highest BCUT2D eigenvalue weighted by Crippen LogP contribution is 2.85. The molecule has 0 bridgehead atoms. The van der Waals surface area contributed by atoms with Gasteiger partial charge >= 0.3 is 55.6 Å². The lowest BCUT2D eigenvalue weighted by Gasteiger charge is -2.61. The summed E-state index contributed by atoms with van der Waals surface area (Å²) in [6.07, 6.45) is -91.3. The van der Waals surface area contributed by atoms with Gasteiger partial charge in [-0.05, 0) is 0 Å². The zero-order chi connectivity index (χ0) is 34.5.